The monoisotopic (exact) mass is 403 g/mol. The lowest BCUT2D eigenvalue weighted by Gasteiger charge is -2.19. The van der Waals surface area contributed by atoms with Crippen LogP contribution < -0.4 is 0 Å². The van der Waals surface area contributed by atoms with Gasteiger partial charge in [0.25, 0.3) is 0 Å². The SMILES string of the molecule is Clc1ccc2c(c1)c(-c1ccccc1)c(-c1ccccc1)n1c3ccccc3cc21. The molecule has 142 valence electrons. The minimum absolute atomic E-state index is 0.749. The molecule has 6 rings (SSSR count). The zero-order valence-corrected chi connectivity index (χ0v) is 17.0. The van der Waals surface area contributed by atoms with Crippen molar-refractivity contribution >= 4 is 38.8 Å². The van der Waals surface area contributed by atoms with Crippen molar-refractivity contribution in [2.24, 2.45) is 0 Å². The van der Waals surface area contributed by atoms with E-state index in [1.54, 1.807) is 0 Å². The largest absolute Gasteiger partial charge is 0.308 e. The van der Waals surface area contributed by atoms with Crippen molar-refractivity contribution in [3.8, 4) is 22.4 Å². The molecular formula is C28H18ClN. The minimum atomic E-state index is 0.749. The third-order valence-corrected chi connectivity index (χ3v) is 6.04. The van der Waals surface area contributed by atoms with E-state index in [4.69, 9.17) is 11.6 Å². The Hall–Kier alpha value is -3.55. The molecule has 4 aromatic carbocycles. The highest BCUT2D eigenvalue weighted by molar-refractivity contribution is 6.32. The molecule has 1 nitrogen and oxygen atoms in total. The van der Waals surface area contributed by atoms with E-state index >= 15 is 0 Å². The summed E-state index contributed by atoms with van der Waals surface area (Å²) in [5.41, 5.74) is 7.16. The summed E-state index contributed by atoms with van der Waals surface area (Å²) >= 11 is 6.50. The van der Waals surface area contributed by atoms with Gasteiger partial charge in [-0.15, -0.1) is 0 Å². The van der Waals surface area contributed by atoms with Gasteiger partial charge >= 0.3 is 0 Å². The molecule has 0 atom stereocenters. The topological polar surface area (TPSA) is 4.41 Å². The van der Waals surface area contributed by atoms with E-state index in [9.17, 15) is 0 Å². The average molecular weight is 404 g/mol. The number of rotatable bonds is 2. The first kappa shape index (κ1) is 17.3. The van der Waals surface area contributed by atoms with Crippen LogP contribution in [0.5, 0.6) is 0 Å². The van der Waals surface area contributed by atoms with Crippen molar-refractivity contribution in [2.45, 2.75) is 0 Å². The summed E-state index contributed by atoms with van der Waals surface area (Å²) in [6.07, 6.45) is 0. The van der Waals surface area contributed by atoms with Crippen molar-refractivity contribution in [3.63, 3.8) is 0 Å². The lowest BCUT2D eigenvalue weighted by Crippen LogP contribution is -1.98. The first-order valence-electron chi connectivity index (χ1n) is 10.1. The van der Waals surface area contributed by atoms with Gasteiger partial charge in [-0.25, -0.2) is 0 Å². The fourth-order valence-corrected chi connectivity index (χ4v) is 4.72. The Morgan fingerprint density at radius 3 is 1.97 bits per heavy atom. The number of para-hydroxylation sites is 1. The molecule has 2 heteroatoms. The van der Waals surface area contributed by atoms with Crippen LogP contribution in [0.15, 0.2) is 109 Å². The van der Waals surface area contributed by atoms with Gasteiger partial charge in [-0.2, -0.15) is 0 Å². The van der Waals surface area contributed by atoms with E-state index in [-0.39, 0.29) is 0 Å². The molecule has 0 N–H and O–H groups in total. The van der Waals surface area contributed by atoms with Crippen LogP contribution in [0.1, 0.15) is 0 Å². The van der Waals surface area contributed by atoms with E-state index in [2.05, 4.69) is 108 Å². The first-order chi connectivity index (χ1) is 14.8. The zero-order chi connectivity index (χ0) is 20.1. The first-order valence-corrected chi connectivity index (χ1v) is 10.5. The number of nitrogens with zero attached hydrogens (tertiary/aromatic N) is 1. The molecule has 0 bridgehead atoms. The van der Waals surface area contributed by atoms with Gasteiger partial charge in [0.05, 0.1) is 16.7 Å². The average Bonchev–Trinajstić information content (AvgIpc) is 3.18. The molecule has 30 heavy (non-hydrogen) atoms. The van der Waals surface area contributed by atoms with Gasteiger partial charge in [-0.05, 0) is 40.8 Å². The van der Waals surface area contributed by atoms with E-state index in [0.29, 0.717) is 0 Å². The van der Waals surface area contributed by atoms with Crippen LogP contribution >= 0.6 is 11.6 Å². The predicted octanol–water partition coefficient (Wildman–Crippen LogP) is 8.23. The van der Waals surface area contributed by atoms with Gasteiger partial charge in [-0.3, -0.25) is 0 Å². The maximum Gasteiger partial charge on any atom is 0.0619 e. The normalized spacial score (nSPS) is 11.5. The maximum atomic E-state index is 6.50. The second-order valence-corrected chi connectivity index (χ2v) is 8.01. The molecule has 0 spiro atoms. The second kappa shape index (κ2) is 6.76. The fraction of sp³-hybridized carbons (Fsp3) is 0. The molecule has 0 aliphatic heterocycles. The standard InChI is InChI=1S/C28H18ClN/c29-22-15-16-23-24(18-22)27(19-9-3-1-4-10-19)28(20-11-5-2-6-12-20)30-25-14-8-7-13-21(25)17-26(23)30/h1-18H. The quantitative estimate of drug-likeness (QED) is 0.274. The van der Waals surface area contributed by atoms with E-state index in [1.165, 1.54) is 49.6 Å². The summed E-state index contributed by atoms with van der Waals surface area (Å²) in [7, 11) is 0. The minimum Gasteiger partial charge on any atom is -0.308 e. The highest BCUT2D eigenvalue weighted by atomic mass is 35.5. The van der Waals surface area contributed by atoms with Crippen LogP contribution in [0.2, 0.25) is 5.02 Å². The van der Waals surface area contributed by atoms with Crippen LogP contribution in [-0.2, 0) is 0 Å². The van der Waals surface area contributed by atoms with E-state index in [0.717, 1.165) is 5.02 Å². The van der Waals surface area contributed by atoms with Crippen molar-refractivity contribution in [3.05, 3.63) is 114 Å². The highest BCUT2D eigenvalue weighted by Crippen LogP contribution is 2.43. The van der Waals surface area contributed by atoms with Crippen molar-refractivity contribution < 1.29 is 0 Å². The number of aromatic nitrogens is 1. The summed E-state index contributed by atoms with van der Waals surface area (Å²) in [4.78, 5) is 0. The van der Waals surface area contributed by atoms with Gasteiger partial charge in [-0.1, -0.05) is 96.5 Å². The summed E-state index contributed by atoms with van der Waals surface area (Å²) in [6, 6.07) is 38.4. The third kappa shape index (κ3) is 2.56. The smallest absolute Gasteiger partial charge is 0.0619 e. The van der Waals surface area contributed by atoms with E-state index < -0.39 is 0 Å². The van der Waals surface area contributed by atoms with Crippen LogP contribution in [0, 0.1) is 0 Å². The number of fused-ring (bicyclic) bond motifs is 5. The number of hydrogen-bond acceptors (Lipinski definition) is 0. The lowest BCUT2D eigenvalue weighted by molar-refractivity contribution is 1.27. The summed E-state index contributed by atoms with van der Waals surface area (Å²) < 4.78 is 2.41. The van der Waals surface area contributed by atoms with E-state index in [1.807, 2.05) is 6.07 Å². The van der Waals surface area contributed by atoms with Gasteiger partial charge in [0, 0.05) is 21.4 Å². The Labute approximate surface area is 179 Å². The Morgan fingerprint density at radius 1 is 0.533 bits per heavy atom. The van der Waals surface area contributed by atoms with Crippen LogP contribution in [0.25, 0.3) is 49.6 Å². The van der Waals surface area contributed by atoms with Crippen LogP contribution in [-0.4, -0.2) is 4.40 Å². The molecule has 0 aliphatic carbocycles. The van der Waals surface area contributed by atoms with Crippen molar-refractivity contribution in [2.75, 3.05) is 0 Å². The molecule has 0 saturated carbocycles. The van der Waals surface area contributed by atoms with Crippen LogP contribution in [0.4, 0.5) is 0 Å². The second-order valence-electron chi connectivity index (χ2n) is 7.57. The third-order valence-electron chi connectivity index (χ3n) is 5.81. The summed E-state index contributed by atoms with van der Waals surface area (Å²) in [5, 5.41) is 4.35. The molecule has 6 aromatic rings. The van der Waals surface area contributed by atoms with Gasteiger partial charge < -0.3 is 4.40 Å². The van der Waals surface area contributed by atoms with Gasteiger partial charge in [0.1, 0.15) is 0 Å². The molecule has 0 unspecified atom stereocenters. The summed E-state index contributed by atoms with van der Waals surface area (Å²) in [5.74, 6) is 0. The Bertz CT molecular complexity index is 1530. The molecule has 0 fully saturated rings. The molecule has 0 amide bonds. The van der Waals surface area contributed by atoms with Crippen molar-refractivity contribution in [1.82, 2.24) is 4.40 Å². The molecule has 0 saturated heterocycles. The molecular weight excluding hydrogens is 386 g/mol. The Balaban J connectivity index is 1.95. The molecule has 2 heterocycles. The molecule has 0 radical (unpaired) electrons. The predicted molar refractivity (Wildman–Crippen MR) is 128 cm³/mol. The molecule has 2 aromatic heterocycles. The Morgan fingerprint density at radius 2 is 1.20 bits per heavy atom. The van der Waals surface area contributed by atoms with Gasteiger partial charge in [0.2, 0.25) is 0 Å². The zero-order valence-electron chi connectivity index (χ0n) is 16.2. The number of halogens is 1. The number of hydrogen-bond donors (Lipinski definition) is 0. The number of pyridine rings is 1. The highest BCUT2D eigenvalue weighted by Gasteiger charge is 2.19. The lowest BCUT2D eigenvalue weighted by atomic mass is 9.93. The summed E-state index contributed by atoms with van der Waals surface area (Å²) in [6.45, 7) is 0. The maximum absolute atomic E-state index is 6.50. The fourth-order valence-electron chi connectivity index (χ4n) is 4.55. The Kier molecular flexibility index (Phi) is 3.90. The van der Waals surface area contributed by atoms with Gasteiger partial charge in [0.15, 0.2) is 0 Å². The number of benzene rings is 4. The molecule has 0 aliphatic rings. The van der Waals surface area contributed by atoms with Crippen molar-refractivity contribution in [1.29, 1.82) is 0 Å². The van der Waals surface area contributed by atoms with Crippen LogP contribution in [0.3, 0.4) is 0 Å².